The molecule has 0 radical (unpaired) electrons. The molecule has 0 spiro atoms. The smallest absolute Gasteiger partial charge is 0.257 e. The third-order valence-electron chi connectivity index (χ3n) is 4.43. The standard InChI is InChI=1S/C24H24N2O4.C2H6/c1-16(11-18-7-5-4-6-8-18)30-22-13-20(12-21(27)14-22)24(28)26-23-10-9-19(15-25-23)17(2)29-3;1-2/h4-10,12-16,27H,2,11H2,1,3H3,(H,25,26,28);1-2H3. The average molecular weight is 435 g/mol. The highest BCUT2D eigenvalue weighted by Gasteiger charge is 2.13. The highest BCUT2D eigenvalue weighted by Crippen LogP contribution is 2.24. The Morgan fingerprint density at radius 3 is 2.44 bits per heavy atom. The molecule has 0 fully saturated rings. The van der Waals surface area contributed by atoms with Crippen LogP contribution in [0.25, 0.3) is 5.76 Å². The Morgan fingerprint density at radius 1 is 1.09 bits per heavy atom. The Kier molecular flexibility index (Phi) is 9.29. The van der Waals surface area contributed by atoms with E-state index in [1.165, 1.54) is 19.2 Å². The fraction of sp³-hybridized carbons (Fsp3) is 0.231. The third-order valence-corrected chi connectivity index (χ3v) is 4.43. The van der Waals surface area contributed by atoms with Gasteiger partial charge in [0.25, 0.3) is 5.91 Å². The first-order valence-electron chi connectivity index (χ1n) is 10.5. The minimum atomic E-state index is -0.405. The maximum atomic E-state index is 12.6. The lowest BCUT2D eigenvalue weighted by Gasteiger charge is -2.16. The molecular formula is C26H30N2O4. The number of ether oxygens (including phenoxy) is 2. The first-order chi connectivity index (χ1) is 15.4. The van der Waals surface area contributed by atoms with E-state index in [0.29, 0.717) is 23.7 Å². The van der Waals surface area contributed by atoms with Crippen LogP contribution >= 0.6 is 0 Å². The number of nitrogens with zero attached hydrogens (tertiary/aromatic N) is 1. The van der Waals surface area contributed by atoms with Gasteiger partial charge >= 0.3 is 0 Å². The molecule has 0 saturated carbocycles. The molecule has 1 atom stereocenters. The van der Waals surface area contributed by atoms with Crippen LogP contribution in [-0.4, -0.2) is 29.2 Å². The number of hydrogen-bond donors (Lipinski definition) is 2. The topological polar surface area (TPSA) is 80.7 Å². The molecule has 0 aliphatic heterocycles. The van der Waals surface area contributed by atoms with E-state index in [1.807, 2.05) is 51.1 Å². The Bertz CT molecular complexity index is 1020. The molecule has 1 amide bonds. The summed E-state index contributed by atoms with van der Waals surface area (Å²) in [6, 6.07) is 17.8. The van der Waals surface area contributed by atoms with Crippen molar-refractivity contribution >= 4 is 17.5 Å². The summed E-state index contributed by atoms with van der Waals surface area (Å²) in [6.45, 7) is 9.70. The lowest BCUT2D eigenvalue weighted by atomic mass is 10.1. The molecule has 2 N–H and O–H groups in total. The Morgan fingerprint density at radius 2 is 1.81 bits per heavy atom. The van der Waals surface area contributed by atoms with Crippen LogP contribution < -0.4 is 10.1 Å². The molecule has 6 nitrogen and oxygen atoms in total. The van der Waals surface area contributed by atoms with E-state index in [0.717, 1.165) is 11.1 Å². The van der Waals surface area contributed by atoms with Gasteiger partial charge in [0.05, 0.1) is 13.2 Å². The zero-order chi connectivity index (χ0) is 23.5. The molecule has 6 heteroatoms. The van der Waals surface area contributed by atoms with Crippen LogP contribution in [0.1, 0.15) is 42.3 Å². The highest BCUT2D eigenvalue weighted by atomic mass is 16.5. The number of amides is 1. The van der Waals surface area contributed by atoms with Crippen molar-refractivity contribution in [3.8, 4) is 11.5 Å². The van der Waals surface area contributed by atoms with Crippen molar-refractivity contribution < 1.29 is 19.4 Å². The van der Waals surface area contributed by atoms with Crippen molar-refractivity contribution in [2.24, 2.45) is 0 Å². The van der Waals surface area contributed by atoms with Crippen molar-refractivity contribution in [2.75, 3.05) is 12.4 Å². The summed E-state index contributed by atoms with van der Waals surface area (Å²) < 4.78 is 11.0. The molecule has 3 rings (SSSR count). The van der Waals surface area contributed by atoms with Crippen LogP contribution in [0.5, 0.6) is 11.5 Å². The maximum Gasteiger partial charge on any atom is 0.257 e. The Labute approximate surface area is 189 Å². The number of benzene rings is 2. The SMILES string of the molecule is C=C(OC)c1ccc(NC(=O)c2cc(O)cc(OC(C)Cc3ccccc3)c2)nc1.CC. The molecule has 168 valence electrons. The quantitative estimate of drug-likeness (QED) is 0.445. The van der Waals surface area contributed by atoms with Crippen molar-refractivity contribution in [2.45, 2.75) is 33.3 Å². The van der Waals surface area contributed by atoms with Crippen molar-refractivity contribution in [1.82, 2.24) is 4.98 Å². The fourth-order valence-corrected chi connectivity index (χ4v) is 2.94. The van der Waals surface area contributed by atoms with Gasteiger partial charge in [-0.2, -0.15) is 0 Å². The van der Waals surface area contributed by atoms with Crippen LogP contribution in [0.4, 0.5) is 5.82 Å². The van der Waals surface area contributed by atoms with E-state index >= 15 is 0 Å². The summed E-state index contributed by atoms with van der Waals surface area (Å²) >= 11 is 0. The van der Waals surface area contributed by atoms with Gasteiger partial charge in [-0.25, -0.2) is 4.98 Å². The molecule has 1 unspecified atom stereocenters. The van der Waals surface area contributed by atoms with E-state index in [-0.39, 0.29) is 17.4 Å². The second-order valence-corrected chi connectivity index (χ2v) is 6.85. The van der Waals surface area contributed by atoms with Gasteiger partial charge in [0.15, 0.2) is 0 Å². The van der Waals surface area contributed by atoms with Gasteiger partial charge in [-0.05, 0) is 36.8 Å². The number of aromatic nitrogens is 1. The van der Waals surface area contributed by atoms with Gasteiger partial charge in [0.1, 0.15) is 23.1 Å². The van der Waals surface area contributed by atoms with Gasteiger partial charge in [0, 0.05) is 29.8 Å². The van der Waals surface area contributed by atoms with Crippen LogP contribution in [-0.2, 0) is 11.2 Å². The third kappa shape index (κ3) is 7.16. The minimum absolute atomic E-state index is 0.0516. The molecule has 1 heterocycles. The van der Waals surface area contributed by atoms with Crippen LogP contribution in [0.15, 0.2) is 73.4 Å². The van der Waals surface area contributed by atoms with Gasteiger partial charge in [-0.15, -0.1) is 0 Å². The van der Waals surface area contributed by atoms with Gasteiger partial charge < -0.3 is 19.9 Å². The maximum absolute atomic E-state index is 12.6. The summed E-state index contributed by atoms with van der Waals surface area (Å²) in [5.74, 6) is 0.820. The normalized spacial score (nSPS) is 10.9. The predicted molar refractivity (Wildman–Crippen MR) is 128 cm³/mol. The summed E-state index contributed by atoms with van der Waals surface area (Å²) in [6.07, 6.45) is 2.14. The average Bonchev–Trinajstić information content (AvgIpc) is 2.80. The molecule has 32 heavy (non-hydrogen) atoms. The number of aromatic hydroxyl groups is 1. The van der Waals surface area contributed by atoms with E-state index in [9.17, 15) is 9.90 Å². The number of phenolic OH excluding ortho intramolecular Hbond substituents is 1. The Hall–Kier alpha value is -3.80. The second kappa shape index (κ2) is 12.2. The largest absolute Gasteiger partial charge is 0.508 e. The molecule has 1 aromatic heterocycles. The molecule has 0 bridgehead atoms. The number of carbonyl (C=O) groups excluding carboxylic acids is 1. The number of phenols is 1. The summed E-state index contributed by atoms with van der Waals surface area (Å²) in [7, 11) is 1.53. The minimum Gasteiger partial charge on any atom is -0.508 e. The first kappa shape index (κ1) is 24.5. The number of anilines is 1. The monoisotopic (exact) mass is 434 g/mol. The van der Waals surface area contributed by atoms with Gasteiger partial charge in [-0.3, -0.25) is 4.79 Å². The molecule has 0 saturated heterocycles. The van der Waals surface area contributed by atoms with E-state index < -0.39 is 5.91 Å². The number of pyridine rings is 1. The van der Waals surface area contributed by atoms with E-state index in [4.69, 9.17) is 9.47 Å². The number of methoxy groups -OCH3 is 1. The number of carbonyl (C=O) groups is 1. The number of rotatable bonds is 8. The van der Waals surface area contributed by atoms with Crippen molar-refractivity contribution in [3.63, 3.8) is 0 Å². The lowest BCUT2D eigenvalue weighted by molar-refractivity contribution is 0.102. The van der Waals surface area contributed by atoms with Crippen LogP contribution in [0.3, 0.4) is 0 Å². The van der Waals surface area contributed by atoms with E-state index in [2.05, 4.69) is 16.9 Å². The molecule has 2 aromatic carbocycles. The lowest BCUT2D eigenvalue weighted by Crippen LogP contribution is -2.16. The number of hydrogen-bond acceptors (Lipinski definition) is 5. The fourth-order valence-electron chi connectivity index (χ4n) is 2.94. The van der Waals surface area contributed by atoms with Crippen LogP contribution in [0.2, 0.25) is 0 Å². The van der Waals surface area contributed by atoms with Gasteiger partial charge in [0.2, 0.25) is 0 Å². The predicted octanol–water partition coefficient (Wildman–Crippen LogP) is 5.69. The van der Waals surface area contributed by atoms with Crippen LogP contribution in [0, 0.1) is 0 Å². The summed E-state index contributed by atoms with van der Waals surface area (Å²) in [5.41, 5.74) is 2.13. The molecule has 0 aliphatic carbocycles. The molecule has 3 aromatic rings. The number of nitrogens with one attached hydrogen (secondary N) is 1. The second-order valence-electron chi connectivity index (χ2n) is 6.85. The first-order valence-corrected chi connectivity index (χ1v) is 10.5. The Balaban J connectivity index is 0.00000176. The van der Waals surface area contributed by atoms with Crippen molar-refractivity contribution in [3.05, 3.63) is 90.1 Å². The summed E-state index contributed by atoms with van der Waals surface area (Å²) in [4.78, 5) is 16.8. The zero-order valence-electron chi connectivity index (χ0n) is 19.0. The molecule has 0 aliphatic rings. The van der Waals surface area contributed by atoms with Crippen molar-refractivity contribution in [1.29, 1.82) is 0 Å². The molecular weight excluding hydrogens is 404 g/mol. The van der Waals surface area contributed by atoms with E-state index in [1.54, 1.807) is 24.4 Å². The van der Waals surface area contributed by atoms with Gasteiger partial charge in [-0.1, -0.05) is 50.8 Å². The summed E-state index contributed by atoms with van der Waals surface area (Å²) in [5, 5.41) is 12.7. The zero-order valence-corrected chi connectivity index (χ0v) is 19.0. The highest BCUT2D eigenvalue weighted by molar-refractivity contribution is 6.04.